The second-order valence-corrected chi connectivity index (χ2v) is 6.15. The highest BCUT2D eigenvalue weighted by Gasteiger charge is 2.32. The smallest absolute Gasteiger partial charge is 0.226 e. The fourth-order valence-corrected chi connectivity index (χ4v) is 3.58. The number of carbonyl (C=O) groups is 1. The summed E-state index contributed by atoms with van der Waals surface area (Å²) in [6, 6.07) is 8.35. The molecule has 1 atom stereocenters. The van der Waals surface area contributed by atoms with E-state index >= 15 is 0 Å². The summed E-state index contributed by atoms with van der Waals surface area (Å²) >= 11 is 0. The molecule has 1 unspecified atom stereocenters. The van der Waals surface area contributed by atoms with Crippen LogP contribution in [-0.4, -0.2) is 20.8 Å². The van der Waals surface area contributed by atoms with E-state index in [0.717, 1.165) is 49.6 Å². The van der Waals surface area contributed by atoms with E-state index in [-0.39, 0.29) is 5.92 Å². The van der Waals surface area contributed by atoms with Crippen molar-refractivity contribution in [1.29, 1.82) is 0 Å². The van der Waals surface area contributed by atoms with E-state index in [9.17, 15) is 4.79 Å². The number of hydrogen-bond acceptors (Lipinski definition) is 2. The lowest BCUT2D eigenvalue weighted by molar-refractivity contribution is -0.136. The molecule has 21 heavy (non-hydrogen) atoms. The highest BCUT2D eigenvalue weighted by Crippen LogP contribution is 2.29. The van der Waals surface area contributed by atoms with Crippen LogP contribution in [0.15, 0.2) is 24.3 Å². The number of rotatable bonds is 1. The molecule has 0 saturated carbocycles. The third-order valence-corrected chi connectivity index (χ3v) is 4.66. The normalized spacial score (nSPS) is 20.2. The molecule has 1 N–H and O–H groups in total. The van der Waals surface area contributed by atoms with Crippen molar-refractivity contribution in [3.05, 3.63) is 52.6 Å². The Hall–Kier alpha value is -2.10. The van der Waals surface area contributed by atoms with Crippen LogP contribution in [0.3, 0.4) is 0 Å². The van der Waals surface area contributed by atoms with Crippen molar-refractivity contribution in [2.75, 3.05) is 0 Å². The van der Waals surface area contributed by atoms with E-state index in [0.29, 0.717) is 5.91 Å². The van der Waals surface area contributed by atoms with Gasteiger partial charge in [0.05, 0.1) is 5.69 Å². The molecule has 4 nitrogen and oxygen atoms in total. The number of imidazole rings is 1. The molecule has 1 aromatic carbocycles. The quantitative estimate of drug-likeness (QED) is 0.872. The van der Waals surface area contributed by atoms with E-state index < -0.39 is 0 Å². The molecule has 0 radical (unpaired) electrons. The number of aromatic amines is 1. The monoisotopic (exact) mass is 281 g/mol. The van der Waals surface area contributed by atoms with E-state index in [4.69, 9.17) is 0 Å². The molecule has 1 aliphatic carbocycles. The average Bonchev–Trinajstić information content (AvgIpc) is 3.07. The van der Waals surface area contributed by atoms with Gasteiger partial charge in [0, 0.05) is 31.1 Å². The first kappa shape index (κ1) is 12.6. The number of amides is 1. The number of nitrogens with zero attached hydrogens (tertiary/aromatic N) is 2. The lowest BCUT2D eigenvalue weighted by Gasteiger charge is -2.25. The summed E-state index contributed by atoms with van der Waals surface area (Å²) in [5.41, 5.74) is 4.90. The Morgan fingerprint density at radius 1 is 1.29 bits per heavy atom. The molecule has 2 heterocycles. The van der Waals surface area contributed by atoms with E-state index in [1.807, 2.05) is 24.0 Å². The Morgan fingerprint density at radius 2 is 2.00 bits per heavy atom. The summed E-state index contributed by atoms with van der Waals surface area (Å²) < 4.78 is 0. The molecule has 2 aliphatic rings. The summed E-state index contributed by atoms with van der Waals surface area (Å²) in [5, 5.41) is 0. The summed E-state index contributed by atoms with van der Waals surface area (Å²) in [6.45, 7) is 3.51. The van der Waals surface area contributed by atoms with Gasteiger partial charge in [0.2, 0.25) is 5.91 Å². The Labute approximate surface area is 124 Å². The molecule has 1 aliphatic heterocycles. The second-order valence-electron chi connectivity index (χ2n) is 6.15. The van der Waals surface area contributed by atoms with Crippen LogP contribution in [0.25, 0.3) is 0 Å². The fourth-order valence-electron chi connectivity index (χ4n) is 3.58. The number of fused-ring (bicyclic) bond motifs is 2. The third kappa shape index (κ3) is 2.15. The summed E-state index contributed by atoms with van der Waals surface area (Å²) in [6.07, 6.45) is 2.64. The molecular weight excluding hydrogens is 262 g/mol. The van der Waals surface area contributed by atoms with Crippen molar-refractivity contribution in [3.8, 4) is 0 Å². The van der Waals surface area contributed by atoms with Gasteiger partial charge in [0.1, 0.15) is 5.82 Å². The molecule has 0 bridgehead atoms. The minimum atomic E-state index is 0.103. The largest absolute Gasteiger partial charge is 0.346 e. The minimum absolute atomic E-state index is 0.103. The molecule has 4 heteroatoms. The molecule has 1 aromatic heterocycles. The zero-order valence-electron chi connectivity index (χ0n) is 12.2. The van der Waals surface area contributed by atoms with Crippen LogP contribution in [0.2, 0.25) is 0 Å². The van der Waals surface area contributed by atoms with Gasteiger partial charge in [-0.2, -0.15) is 0 Å². The molecule has 0 spiro atoms. The summed E-state index contributed by atoms with van der Waals surface area (Å²) in [4.78, 5) is 22.6. The van der Waals surface area contributed by atoms with Gasteiger partial charge in [0.15, 0.2) is 0 Å². The first-order valence-electron chi connectivity index (χ1n) is 7.60. The van der Waals surface area contributed by atoms with Crippen LogP contribution in [0.1, 0.15) is 34.8 Å². The van der Waals surface area contributed by atoms with Crippen LogP contribution >= 0.6 is 0 Å². The lowest BCUT2D eigenvalue weighted by atomic mass is 9.89. The van der Waals surface area contributed by atoms with Crippen molar-refractivity contribution in [3.63, 3.8) is 0 Å². The summed E-state index contributed by atoms with van der Waals surface area (Å²) in [7, 11) is 0. The van der Waals surface area contributed by atoms with Crippen molar-refractivity contribution < 1.29 is 4.79 Å². The first-order chi connectivity index (χ1) is 10.2. The van der Waals surface area contributed by atoms with Crippen LogP contribution in [0, 0.1) is 12.8 Å². The van der Waals surface area contributed by atoms with Crippen molar-refractivity contribution in [2.45, 2.75) is 39.3 Å². The van der Waals surface area contributed by atoms with Gasteiger partial charge < -0.3 is 9.88 Å². The molecule has 1 amide bonds. The van der Waals surface area contributed by atoms with E-state index in [1.165, 1.54) is 11.1 Å². The maximum atomic E-state index is 12.8. The van der Waals surface area contributed by atoms with Gasteiger partial charge >= 0.3 is 0 Å². The van der Waals surface area contributed by atoms with E-state index in [1.54, 1.807) is 0 Å². The van der Waals surface area contributed by atoms with Gasteiger partial charge in [-0.05, 0) is 30.9 Å². The highest BCUT2D eigenvalue weighted by molar-refractivity contribution is 5.80. The number of aromatic nitrogens is 2. The van der Waals surface area contributed by atoms with Gasteiger partial charge in [-0.3, -0.25) is 4.79 Å². The maximum absolute atomic E-state index is 12.8. The Morgan fingerprint density at radius 3 is 2.71 bits per heavy atom. The molecule has 2 aromatic rings. The van der Waals surface area contributed by atoms with Crippen molar-refractivity contribution in [2.24, 2.45) is 5.92 Å². The lowest BCUT2D eigenvalue weighted by Crippen LogP contribution is -2.35. The predicted octanol–water partition coefficient (Wildman–Crippen LogP) is 2.37. The van der Waals surface area contributed by atoms with E-state index in [2.05, 4.69) is 22.1 Å². The van der Waals surface area contributed by atoms with Crippen molar-refractivity contribution in [1.82, 2.24) is 14.9 Å². The second kappa shape index (κ2) is 4.72. The average molecular weight is 281 g/mol. The number of benzene rings is 1. The van der Waals surface area contributed by atoms with Crippen LogP contribution in [0.4, 0.5) is 0 Å². The van der Waals surface area contributed by atoms with Crippen molar-refractivity contribution >= 4 is 5.91 Å². The zero-order valence-corrected chi connectivity index (χ0v) is 12.2. The standard InChI is InChI=1S/C17H19N3O/c1-11-18-15-7-6-12(8-16(15)19-11)17(21)20-9-13-4-2-3-5-14(13)10-20/h2-5,12H,6-10H2,1H3,(H,18,19). The molecule has 108 valence electrons. The van der Waals surface area contributed by atoms with Crippen LogP contribution in [-0.2, 0) is 30.7 Å². The fraction of sp³-hybridized carbons (Fsp3) is 0.412. The van der Waals surface area contributed by atoms with Gasteiger partial charge in [-0.15, -0.1) is 0 Å². The molecule has 0 saturated heterocycles. The maximum Gasteiger partial charge on any atom is 0.226 e. The van der Waals surface area contributed by atoms with Gasteiger partial charge in [-0.25, -0.2) is 4.98 Å². The molecule has 0 fully saturated rings. The highest BCUT2D eigenvalue weighted by atomic mass is 16.2. The number of nitrogens with one attached hydrogen (secondary N) is 1. The van der Waals surface area contributed by atoms with Crippen LogP contribution < -0.4 is 0 Å². The number of H-pyrrole nitrogens is 1. The van der Waals surface area contributed by atoms with Crippen LogP contribution in [0.5, 0.6) is 0 Å². The number of aryl methyl sites for hydroxylation is 2. The zero-order chi connectivity index (χ0) is 14.4. The van der Waals surface area contributed by atoms with Gasteiger partial charge in [0.25, 0.3) is 0 Å². The Balaban J connectivity index is 1.50. The Bertz CT molecular complexity index is 679. The SMILES string of the molecule is Cc1nc2c([nH]1)CC(C(=O)N1Cc3ccccc3C1)CC2. The topological polar surface area (TPSA) is 49.0 Å². The predicted molar refractivity (Wildman–Crippen MR) is 79.5 cm³/mol. The molecular formula is C17H19N3O. The third-order valence-electron chi connectivity index (χ3n) is 4.66. The molecule has 4 rings (SSSR count). The Kier molecular flexibility index (Phi) is 2.84. The summed E-state index contributed by atoms with van der Waals surface area (Å²) in [5.74, 6) is 1.36. The minimum Gasteiger partial charge on any atom is -0.346 e. The number of hydrogen-bond donors (Lipinski definition) is 1. The van der Waals surface area contributed by atoms with Gasteiger partial charge in [-0.1, -0.05) is 24.3 Å². The first-order valence-corrected chi connectivity index (χ1v) is 7.60. The number of carbonyl (C=O) groups excluding carboxylic acids is 1.